The molecule has 4 rings (SSSR count). The highest BCUT2D eigenvalue weighted by Gasteiger charge is 2.33. The molecule has 0 radical (unpaired) electrons. The van der Waals surface area contributed by atoms with E-state index in [1.54, 1.807) is 0 Å². The second kappa shape index (κ2) is 8.15. The fourth-order valence-electron chi connectivity index (χ4n) is 2.88. The first-order chi connectivity index (χ1) is 15.5. The van der Waals surface area contributed by atoms with Crippen LogP contribution in [0.5, 0.6) is 0 Å². The molecular formula is C17H13ClF3N9O2S. The zero-order valence-corrected chi connectivity index (χ0v) is 18.4. The van der Waals surface area contributed by atoms with Crippen molar-refractivity contribution in [3.05, 3.63) is 41.8 Å². The molecule has 4 aromatic heterocycles. The summed E-state index contributed by atoms with van der Waals surface area (Å²) >= 11 is 5.75. The van der Waals surface area contributed by atoms with Gasteiger partial charge in [-0.2, -0.15) is 13.2 Å². The third-order valence-corrected chi connectivity index (χ3v) is 6.46. The van der Waals surface area contributed by atoms with E-state index in [1.807, 2.05) is 0 Å². The van der Waals surface area contributed by atoms with Gasteiger partial charge in [-0.1, -0.05) is 6.92 Å². The largest absolute Gasteiger partial charge is 0.433 e. The molecule has 4 aromatic rings. The van der Waals surface area contributed by atoms with Crippen LogP contribution in [0.2, 0.25) is 5.28 Å². The molecule has 172 valence electrons. The Labute approximate surface area is 189 Å². The molecule has 0 fully saturated rings. The molecule has 0 bridgehead atoms. The molecule has 0 aliphatic carbocycles. The van der Waals surface area contributed by atoms with Crippen LogP contribution in [-0.2, 0) is 23.1 Å². The van der Waals surface area contributed by atoms with Gasteiger partial charge in [0.15, 0.2) is 27.3 Å². The van der Waals surface area contributed by atoms with E-state index in [0.717, 1.165) is 12.4 Å². The van der Waals surface area contributed by atoms with Crippen LogP contribution in [0, 0.1) is 0 Å². The first-order valence-corrected chi connectivity index (χ1v) is 11.1. The van der Waals surface area contributed by atoms with E-state index in [0.29, 0.717) is 0 Å². The Morgan fingerprint density at radius 2 is 1.82 bits per heavy atom. The van der Waals surface area contributed by atoms with Gasteiger partial charge in [0.1, 0.15) is 29.7 Å². The van der Waals surface area contributed by atoms with E-state index in [2.05, 4.69) is 35.2 Å². The number of aromatic nitrogens is 9. The smallest absolute Gasteiger partial charge is 0.307 e. The number of alkyl halides is 3. The lowest BCUT2D eigenvalue weighted by Gasteiger charge is -2.11. The molecule has 4 heterocycles. The monoisotopic (exact) mass is 499 g/mol. The Kier molecular flexibility index (Phi) is 5.61. The van der Waals surface area contributed by atoms with E-state index in [1.165, 1.54) is 41.7 Å². The van der Waals surface area contributed by atoms with Crippen molar-refractivity contribution in [3.63, 3.8) is 0 Å². The van der Waals surface area contributed by atoms with E-state index < -0.39 is 21.7 Å². The van der Waals surface area contributed by atoms with Crippen molar-refractivity contribution in [1.82, 2.24) is 44.5 Å². The molecule has 0 atom stereocenters. The van der Waals surface area contributed by atoms with Gasteiger partial charge in [0.05, 0.1) is 10.6 Å². The summed E-state index contributed by atoms with van der Waals surface area (Å²) in [4.78, 5) is 15.1. The summed E-state index contributed by atoms with van der Waals surface area (Å²) in [6.45, 7) is 1.46. The number of rotatable bonds is 5. The Morgan fingerprint density at radius 3 is 2.45 bits per heavy atom. The molecule has 16 heteroatoms. The topological polar surface area (TPSA) is 134 Å². The maximum atomic E-state index is 13.1. The van der Waals surface area contributed by atoms with Gasteiger partial charge in [0.2, 0.25) is 5.28 Å². The molecule has 0 amide bonds. The van der Waals surface area contributed by atoms with Crippen LogP contribution >= 0.6 is 11.6 Å². The molecule has 0 aliphatic heterocycles. The number of hydrogen-bond donors (Lipinski definition) is 0. The van der Waals surface area contributed by atoms with Crippen LogP contribution in [0.15, 0.2) is 35.7 Å². The summed E-state index contributed by atoms with van der Waals surface area (Å²) in [5.41, 5.74) is -1.39. The zero-order chi connectivity index (χ0) is 24.0. The van der Waals surface area contributed by atoms with Gasteiger partial charge in [0, 0.05) is 7.05 Å². The first kappa shape index (κ1) is 22.7. The average molecular weight is 500 g/mol. The standard InChI is InChI=1S/C17H13ClF3N9O2S/c1-3-33(31,32)10-4-5-12(30-8-24-16(18)28-30)25-13(10)15-27-26-14(29(15)2)9-6-11(17(19,20)21)23-7-22-9/h4-8H,3H2,1-2H3. The highest BCUT2D eigenvalue weighted by Crippen LogP contribution is 2.31. The molecule has 0 aliphatic rings. The van der Waals surface area contributed by atoms with Crippen LogP contribution in [0.3, 0.4) is 0 Å². The van der Waals surface area contributed by atoms with Crippen molar-refractivity contribution in [2.45, 2.75) is 18.0 Å². The second-order valence-corrected chi connectivity index (χ2v) is 9.15. The number of hydrogen-bond acceptors (Lipinski definition) is 9. The van der Waals surface area contributed by atoms with Gasteiger partial charge in [-0.25, -0.2) is 33.0 Å². The minimum atomic E-state index is -4.68. The third-order valence-electron chi connectivity index (χ3n) is 4.53. The lowest BCUT2D eigenvalue weighted by atomic mass is 10.3. The van der Waals surface area contributed by atoms with Gasteiger partial charge < -0.3 is 4.57 Å². The number of halogens is 4. The van der Waals surface area contributed by atoms with Crippen molar-refractivity contribution in [2.75, 3.05) is 5.75 Å². The SMILES string of the molecule is CCS(=O)(=O)c1ccc(-n2cnc(Cl)n2)nc1-c1nnc(-c2cc(C(F)(F)F)ncn2)n1C. The van der Waals surface area contributed by atoms with E-state index in [-0.39, 0.29) is 44.8 Å². The first-order valence-electron chi connectivity index (χ1n) is 9.12. The van der Waals surface area contributed by atoms with Crippen LogP contribution < -0.4 is 0 Å². The highest BCUT2D eigenvalue weighted by molar-refractivity contribution is 7.91. The summed E-state index contributed by atoms with van der Waals surface area (Å²) < 4.78 is 67.1. The lowest BCUT2D eigenvalue weighted by molar-refractivity contribution is -0.141. The maximum absolute atomic E-state index is 13.1. The fourth-order valence-corrected chi connectivity index (χ4v) is 4.02. The predicted octanol–water partition coefficient (Wildman–Crippen LogP) is 2.38. The molecule has 0 unspecified atom stereocenters. The van der Waals surface area contributed by atoms with E-state index >= 15 is 0 Å². The molecule has 0 saturated carbocycles. The van der Waals surface area contributed by atoms with Crippen molar-refractivity contribution in [3.8, 4) is 28.9 Å². The second-order valence-electron chi connectivity index (χ2n) is 6.57. The highest BCUT2D eigenvalue weighted by atomic mass is 35.5. The molecular weight excluding hydrogens is 487 g/mol. The van der Waals surface area contributed by atoms with Gasteiger partial charge in [0.25, 0.3) is 0 Å². The summed E-state index contributed by atoms with van der Waals surface area (Å²) in [6.07, 6.45) is -2.65. The van der Waals surface area contributed by atoms with Crippen molar-refractivity contribution >= 4 is 21.4 Å². The fraction of sp³-hybridized carbons (Fsp3) is 0.235. The number of nitrogens with zero attached hydrogens (tertiary/aromatic N) is 9. The minimum Gasteiger partial charge on any atom is -0.307 e. The summed E-state index contributed by atoms with van der Waals surface area (Å²) in [6, 6.07) is 3.46. The van der Waals surface area contributed by atoms with Crippen LogP contribution in [0.25, 0.3) is 28.9 Å². The van der Waals surface area contributed by atoms with Gasteiger partial charge >= 0.3 is 6.18 Å². The quantitative estimate of drug-likeness (QED) is 0.405. The third kappa shape index (κ3) is 4.28. The number of pyridine rings is 1. The number of sulfone groups is 1. The normalized spacial score (nSPS) is 12.3. The molecule has 11 nitrogen and oxygen atoms in total. The van der Waals surface area contributed by atoms with Crippen molar-refractivity contribution in [1.29, 1.82) is 0 Å². The summed E-state index contributed by atoms with van der Waals surface area (Å²) in [5.74, 6) is -0.0988. The zero-order valence-electron chi connectivity index (χ0n) is 16.9. The Bertz CT molecular complexity index is 1450. The van der Waals surface area contributed by atoms with Crippen LogP contribution in [0.1, 0.15) is 12.6 Å². The average Bonchev–Trinajstić information content (AvgIpc) is 3.38. The van der Waals surface area contributed by atoms with Gasteiger partial charge in [-0.15, -0.1) is 15.3 Å². The summed E-state index contributed by atoms with van der Waals surface area (Å²) in [7, 11) is -2.31. The van der Waals surface area contributed by atoms with Gasteiger partial charge in [-0.05, 0) is 29.8 Å². The Hall–Kier alpha value is -3.46. The van der Waals surface area contributed by atoms with E-state index in [9.17, 15) is 21.6 Å². The molecule has 0 spiro atoms. The van der Waals surface area contributed by atoms with Crippen LogP contribution in [-0.4, -0.2) is 58.7 Å². The molecule has 0 N–H and O–H groups in total. The van der Waals surface area contributed by atoms with E-state index in [4.69, 9.17) is 11.6 Å². The van der Waals surface area contributed by atoms with Gasteiger partial charge in [-0.3, -0.25) is 0 Å². The predicted molar refractivity (Wildman–Crippen MR) is 108 cm³/mol. The van der Waals surface area contributed by atoms with Crippen LogP contribution in [0.4, 0.5) is 13.2 Å². The lowest BCUT2D eigenvalue weighted by Crippen LogP contribution is -2.11. The maximum Gasteiger partial charge on any atom is 0.433 e. The Balaban J connectivity index is 1.90. The van der Waals surface area contributed by atoms with Crippen molar-refractivity contribution in [2.24, 2.45) is 7.05 Å². The Morgan fingerprint density at radius 1 is 1.09 bits per heavy atom. The molecule has 0 aromatic carbocycles. The minimum absolute atomic E-state index is 0.0164. The molecule has 33 heavy (non-hydrogen) atoms. The van der Waals surface area contributed by atoms with Crippen molar-refractivity contribution < 1.29 is 21.6 Å². The molecule has 0 saturated heterocycles. The summed E-state index contributed by atoms with van der Waals surface area (Å²) in [5, 5.41) is 11.8.